The first-order chi connectivity index (χ1) is 9.11. The third kappa shape index (κ3) is 4.55. The number of hydrogen-bond acceptors (Lipinski definition) is 3. The number of benzene rings is 1. The van der Waals surface area contributed by atoms with Gasteiger partial charge in [0.15, 0.2) is 0 Å². The summed E-state index contributed by atoms with van der Waals surface area (Å²) in [5.41, 5.74) is 2.63. The second-order valence-corrected chi connectivity index (χ2v) is 7.02. The van der Waals surface area contributed by atoms with Gasteiger partial charge in [0.1, 0.15) is 0 Å². The van der Waals surface area contributed by atoms with E-state index in [1.807, 2.05) is 11.8 Å². The summed E-state index contributed by atoms with van der Waals surface area (Å²) in [7, 11) is -0.189. The standard InChI is InChI=1S/C15H23BO2S/c1-4-9-19-10-13-5-7-14(8-6-13)16-17-11-15(2,3)12-18-16/h5-8H,4,9-12H2,1-3H3. The molecule has 0 saturated carbocycles. The molecule has 0 atom stereocenters. The maximum atomic E-state index is 5.79. The zero-order valence-electron chi connectivity index (χ0n) is 12.1. The third-order valence-corrected chi connectivity index (χ3v) is 4.35. The van der Waals surface area contributed by atoms with E-state index in [0.29, 0.717) is 0 Å². The summed E-state index contributed by atoms with van der Waals surface area (Å²) in [6, 6.07) is 8.63. The molecular formula is C15H23BO2S. The first-order valence-corrected chi connectivity index (χ1v) is 8.16. The predicted octanol–water partition coefficient (Wildman–Crippen LogP) is 3.10. The van der Waals surface area contributed by atoms with E-state index in [0.717, 1.165) is 24.4 Å². The Balaban J connectivity index is 1.88. The van der Waals surface area contributed by atoms with Gasteiger partial charge in [0.2, 0.25) is 0 Å². The highest BCUT2D eigenvalue weighted by Crippen LogP contribution is 2.21. The number of thioether (sulfide) groups is 1. The van der Waals surface area contributed by atoms with Gasteiger partial charge in [0.25, 0.3) is 0 Å². The van der Waals surface area contributed by atoms with Gasteiger partial charge in [-0.15, -0.1) is 0 Å². The van der Waals surface area contributed by atoms with Crippen LogP contribution in [0.15, 0.2) is 24.3 Å². The van der Waals surface area contributed by atoms with Crippen LogP contribution in [0.25, 0.3) is 0 Å². The van der Waals surface area contributed by atoms with Gasteiger partial charge >= 0.3 is 7.12 Å². The minimum Gasteiger partial charge on any atom is -0.407 e. The number of hydrogen-bond donors (Lipinski definition) is 0. The lowest BCUT2D eigenvalue weighted by atomic mass is 9.76. The van der Waals surface area contributed by atoms with Gasteiger partial charge in [0.05, 0.1) is 0 Å². The van der Waals surface area contributed by atoms with Crippen LogP contribution in [0.1, 0.15) is 32.8 Å². The molecule has 19 heavy (non-hydrogen) atoms. The molecule has 1 aromatic carbocycles. The van der Waals surface area contributed by atoms with Crippen LogP contribution in [0.2, 0.25) is 0 Å². The SMILES string of the molecule is CCCSCc1ccc(B2OCC(C)(C)CO2)cc1. The minimum absolute atomic E-state index is 0.132. The van der Waals surface area contributed by atoms with Crippen molar-refractivity contribution in [2.45, 2.75) is 32.9 Å². The van der Waals surface area contributed by atoms with Crippen molar-refractivity contribution in [1.29, 1.82) is 0 Å². The van der Waals surface area contributed by atoms with Crippen LogP contribution in [-0.2, 0) is 15.1 Å². The highest BCUT2D eigenvalue weighted by molar-refractivity contribution is 7.98. The molecule has 0 amide bonds. The summed E-state index contributed by atoms with van der Waals surface area (Å²) in [5.74, 6) is 2.32. The molecule has 0 aliphatic carbocycles. The molecule has 1 saturated heterocycles. The highest BCUT2D eigenvalue weighted by Gasteiger charge is 2.33. The Morgan fingerprint density at radius 2 is 1.79 bits per heavy atom. The lowest BCUT2D eigenvalue weighted by Crippen LogP contribution is -2.47. The van der Waals surface area contributed by atoms with Gasteiger partial charge in [0, 0.05) is 24.4 Å². The molecule has 104 valence electrons. The summed E-state index contributed by atoms with van der Waals surface area (Å²) in [6.07, 6.45) is 1.24. The van der Waals surface area contributed by atoms with Crippen LogP contribution in [0.5, 0.6) is 0 Å². The quantitative estimate of drug-likeness (QED) is 0.609. The maximum Gasteiger partial charge on any atom is 0.493 e. The van der Waals surface area contributed by atoms with E-state index in [-0.39, 0.29) is 12.5 Å². The monoisotopic (exact) mass is 278 g/mol. The third-order valence-electron chi connectivity index (χ3n) is 3.12. The summed E-state index contributed by atoms with van der Waals surface area (Å²) in [4.78, 5) is 0. The second kappa shape index (κ2) is 6.82. The largest absolute Gasteiger partial charge is 0.493 e. The molecule has 1 heterocycles. The van der Waals surface area contributed by atoms with Crippen molar-refractivity contribution < 1.29 is 9.31 Å². The van der Waals surface area contributed by atoms with Crippen molar-refractivity contribution >= 4 is 24.3 Å². The van der Waals surface area contributed by atoms with Crippen LogP contribution in [-0.4, -0.2) is 26.1 Å². The molecular weight excluding hydrogens is 255 g/mol. The Labute approximate surface area is 121 Å². The van der Waals surface area contributed by atoms with Crippen molar-refractivity contribution in [2.24, 2.45) is 5.41 Å². The molecule has 1 fully saturated rings. The van der Waals surface area contributed by atoms with Gasteiger partial charge < -0.3 is 9.31 Å². The van der Waals surface area contributed by atoms with E-state index < -0.39 is 0 Å². The molecule has 4 heteroatoms. The zero-order chi connectivity index (χ0) is 13.7. The van der Waals surface area contributed by atoms with Crippen molar-refractivity contribution in [2.75, 3.05) is 19.0 Å². The fraction of sp³-hybridized carbons (Fsp3) is 0.600. The van der Waals surface area contributed by atoms with E-state index in [1.165, 1.54) is 17.7 Å². The van der Waals surface area contributed by atoms with Gasteiger partial charge in [-0.2, -0.15) is 11.8 Å². The summed E-state index contributed by atoms with van der Waals surface area (Å²) < 4.78 is 11.6. The smallest absolute Gasteiger partial charge is 0.407 e. The molecule has 0 radical (unpaired) electrons. The topological polar surface area (TPSA) is 18.5 Å². The van der Waals surface area contributed by atoms with E-state index in [2.05, 4.69) is 45.0 Å². The molecule has 2 rings (SSSR count). The lowest BCUT2D eigenvalue weighted by molar-refractivity contribution is 0.0343. The van der Waals surface area contributed by atoms with Gasteiger partial charge in [-0.25, -0.2) is 0 Å². The van der Waals surface area contributed by atoms with Gasteiger partial charge in [-0.3, -0.25) is 0 Å². The summed E-state index contributed by atoms with van der Waals surface area (Å²) in [5, 5.41) is 0. The molecule has 0 bridgehead atoms. The first kappa shape index (κ1) is 15.0. The average molecular weight is 278 g/mol. The zero-order valence-corrected chi connectivity index (χ0v) is 13.0. The molecule has 1 aromatic rings. The Hall–Kier alpha value is -0.445. The molecule has 0 spiro atoms. The van der Waals surface area contributed by atoms with Crippen molar-refractivity contribution in [1.82, 2.24) is 0 Å². The molecule has 0 N–H and O–H groups in total. The maximum absolute atomic E-state index is 5.79. The lowest BCUT2D eigenvalue weighted by Gasteiger charge is -2.33. The van der Waals surface area contributed by atoms with E-state index in [9.17, 15) is 0 Å². The Kier molecular flexibility index (Phi) is 5.37. The minimum atomic E-state index is -0.189. The molecule has 2 nitrogen and oxygen atoms in total. The fourth-order valence-corrected chi connectivity index (χ4v) is 2.85. The molecule has 0 unspecified atom stereocenters. The molecule has 1 aliphatic rings. The van der Waals surface area contributed by atoms with Crippen molar-refractivity contribution in [3.8, 4) is 0 Å². The van der Waals surface area contributed by atoms with Crippen LogP contribution in [0.3, 0.4) is 0 Å². The Bertz CT molecular complexity index is 382. The second-order valence-electron chi connectivity index (χ2n) is 5.91. The Morgan fingerprint density at radius 3 is 2.37 bits per heavy atom. The van der Waals surface area contributed by atoms with Crippen LogP contribution >= 0.6 is 11.8 Å². The van der Waals surface area contributed by atoms with E-state index in [4.69, 9.17) is 9.31 Å². The summed E-state index contributed by atoms with van der Waals surface area (Å²) >= 11 is 1.99. The van der Waals surface area contributed by atoms with Crippen LogP contribution in [0, 0.1) is 5.41 Å². The average Bonchev–Trinajstić information content (AvgIpc) is 2.40. The van der Waals surface area contributed by atoms with Crippen molar-refractivity contribution in [3.05, 3.63) is 29.8 Å². The van der Waals surface area contributed by atoms with Crippen molar-refractivity contribution in [3.63, 3.8) is 0 Å². The van der Waals surface area contributed by atoms with E-state index in [1.54, 1.807) is 0 Å². The predicted molar refractivity (Wildman–Crippen MR) is 84.0 cm³/mol. The van der Waals surface area contributed by atoms with Crippen LogP contribution in [0.4, 0.5) is 0 Å². The van der Waals surface area contributed by atoms with Gasteiger partial charge in [-0.05, 0) is 23.2 Å². The molecule has 1 aliphatic heterocycles. The summed E-state index contributed by atoms with van der Waals surface area (Å²) in [6.45, 7) is 8.06. The normalized spacial score (nSPS) is 18.6. The molecule has 0 aromatic heterocycles. The number of rotatable bonds is 5. The highest BCUT2D eigenvalue weighted by atomic mass is 32.2. The first-order valence-electron chi connectivity index (χ1n) is 7.00. The van der Waals surface area contributed by atoms with E-state index >= 15 is 0 Å². The Morgan fingerprint density at radius 1 is 1.16 bits per heavy atom. The van der Waals surface area contributed by atoms with Crippen LogP contribution < -0.4 is 5.46 Å². The fourth-order valence-electron chi connectivity index (χ4n) is 1.99. The van der Waals surface area contributed by atoms with Gasteiger partial charge in [-0.1, -0.05) is 45.0 Å².